The number of carbonyl (C=O) groups is 1. The lowest BCUT2D eigenvalue weighted by Crippen LogP contribution is -2.43. The van der Waals surface area contributed by atoms with Gasteiger partial charge >= 0.3 is 6.03 Å². The minimum atomic E-state index is 0.00680. The van der Waals surface area contributed by atoms with Crippen molar-refractivity contribution < 1.29 is 4.79 Å². The zero-order valence-corrected chi connectivity index (χ0v) is 15.4. The largest absolute Gasteiger partial charge is 0.336 e. The molecule has 0 atom stereocenters. The van der Waals surface area contributed by atoms with E-state index in [0.717, 1.165) is 18.9 Å². The number of hydrogen-bond acceptors (Lipinski definition) is 2. The maximum absolute atomic E-state index is 12.5. The summed E-state index contributed by atoms with van der Waals surface area (Å²) < 4.78 is 2.14. The highest BCUT2D eigenvalue weighted by molar-refractivity contribution is 5.74. The summed E-state index contributed by atoms with van der Waals surface area (Å²) in [5, 5.41) is 3.02. The number of aryl methyl sites for hydroxylation is 1. The van der Waals surface area contributed by atoms with Gasteiger partial charge in [0.1, 0.15) is 5.82 Å². The highest BCUT2D eigenvalue weighted by Crippen LogP contribution is 2.30. The molecule has 0 aliphatic heterocycles. The van der Waals surface area contributed by atoms with Gasteiger partial charge in [0, 0.05) is 31.5 Å². The molecule has 25 heavy (non-hydrogen) atoms. The molecule has 1 aliphatic carbocycles. The van der Waals surface area contributed by atoms with Gasteiger partial charge in [-0.05, 0) is 50.7 Å². The number of aromatic nitrogens is 2. The summed E-state index contributed by atoms with van der Waals surface area (Å²) in [6, 6.07) is 8.54. The van der Waals surface area contributed by atoms with Crippen molar-refractivity contribution in [2.24, 2.45) is 5.92 Å². The average molecular weight is 340 g/mol. The van der Waals surface area contributed by atoms with Gasteiger partial charge < -0.3 is 14.8 Å². The molecular formula is C20H28N4O. The number of rotatable bonds is 7. The third-order valence-corrected chi connectivity index (χ3v) is 4.61. The van der Waals surface area contributed by atoms with Crippen LogP contribution in [0, 0.1) is 12.8 Å². The molecule has 1 heterocycles. The topological polar surface area (TPSA) is 50.2 Å². The summed E-state index contributed by atoms with van der Waals surface area (Å²) in [6.07, 6.45) is 6.27. The molecule has 134 valence electrons. The fraction of sp³-hybridized carbons (Fsp3) is 0.500. The van der Waals surface area contributed by atoms with Crippen LogP contribution >= 0.6 is 0 Å². The van der Waals surface area contributed by atoms with Crippen molar-refractivity contribution in [3.63, 3.8) is 0 Å². The Balaban J connectivity index is 1.73. The molecule has 1 aliphatic rings. The van der Waals surface area contributed by atoms with E-state index in [-0.39, 0.29) is 12.1 Å². The van der Waals surface area contributed by atoms with Crippen LogP contribution in [0.25, 0.3) is 0 Å². The number of carbonyl (C=O) groups excluding carboxylic acids is 1. The first-order valence-electron chi connectivity index (χ1n) is 9.13. The van der Waals surface area contributed by atoms with Gasteiger partial charge in [0.05, 0.1) is 6.54 Å². The van der Waals surface area contributed by atoms with Gasteiger partial charge in [-0.2, -0.15) is 0 Å². The first-order valence-corrected chi connectivity index (χ1v) is 9.13. The number of hydrogen-bond donors (Lipinski definition) is 1. The molecule has 0 unspecified atom stereocenters. The van der Waals surface area contributed by atoms with Crippen molar-refractivity contribution in [3.8, 4) is 0 Å². The van der Waals surface area contributed by atoms with E-state index in [1.807, 2.05) is 31.1 Å². The Kier molecular flexibility index (Phi) is 5.41. The second-order valence-electron chi connectivity index (χ2n) is 7.33. The summed E-state index contributed by atoms with van der Waals surface area (Å²) in [6.45, 7) is 8.26. The van der Waals surface area contributed by atoms with Crippen LogP contribution in [-0.4, -0.2) is 33.1 Å². The van der Waals surface area contributed by atoms with Crippen LogP contribution in [-0.2, 0) is 13.1 Å². The van der Waals surface area contributed by atoms with Crippen molar-refractivity contribution in [3.05, 3.63) is 53.6 Å². The normalized spacial score (nSPS) is 13.9. The molecule has 0 saturated heterocycles. The average Bonchev–Trinajstić information content (AvgIpc) is 3.27. The Morgan fingerprint density at radius 1 is 1.36 bits per heavy atom. The fourth-order valence-corrected chi connectivity index (χ4v) is 2.95. The van der Waals surface area contributed by atoms with Gasteiger partial charge in [-0.3, -0.25) is 0 Å². The third kappa shape index (κ3) is 4.84. The van der Waals surface area contributed by atoms with Crippen molar-refractivity contribution >= 4 is 6.03 Å². The SMILES string of the molecule is Cc1ccccc1Cn1ccnc1CN(CC1CC1)C(=O)NC(C)C. The molecule has 1 N–H and O–H groups in total. The molecule has 1 aromatic carbocycles. The van der Waals surface area contributed by atoms with Crippen molar-refractivity contribution in [1.82, 2.24) is 19.8 Å². The van der Waals surface area contributed by atoms with Crippen LogP contribution in [0.4, 0.5) is 4.79 Å². The maximum Gasteiger partial charge on any atom is 0.318 e. The van der Waals surface area contributed by atoms with Gasteiger partial charge in [0.2, 0.25) is 0 Å². The molecule has 0 spiro atoms. The number of nitrogens with one attached hydrogen (secondary N) is 1. The third-order valence-electron chi connectivity index (χ3n) is 4.61. The van der Waals surface area contributed by atoms with E-state index in [1.54, 1.807) is 0 Å². The number of nitrogens with zero attached hydrogens (tertiary/aromatic N) is 3. The molecule has 5 heteroatoms. The summed E-state index contributed by atoms with van der Waals surface area (Å²) in [5.41, 5.74) is 2.55. The van der Waals surface area contributed by atoms with Crippen LogP contribution in [0.15, 0.2) is 36.7 Å². The Morgan fingerprint density at radius 2 is 2.12 bits per heavy atom. The lowest BCUT2D eigenvalue weighted by atomic mass is 10.1. The Labute approximate surface area is 150 Å². The Morgan fingerprint density at radius 3 is 2.80 bits per heavy atom. The minimum Gasteiger partial charge on any atom is -0.336 e. The van der Waals surface area contributed by atoms with Crippen LogP contribution < -0.4 is 5.32 Å². The number of imidazole rings is 1. The number of urea groups is 1. The van der Waals surface area contributed by atoms with Gasteiger partial charge in [-0.25, -0.2) is 9.78 Å². The maximum atomic E-state index is 12.5. The van der Waals surface area contributed by atoms with Gasteiger partial charge in [0.25, 0.3) is 0 Å². The minimum absolute atomic E-state index is 0.00680. The molecule has 5 nitrogen and oxygen atoms in total. The van der Waals surface area contributed by atoms with Crippen LogP contribution in [0.3, 0.4) is 0 Å². The standard InChI is InChI=1S/C20H28N4O/c1-15(2)22-20(25)24(12-17-8-9-17)14-19-21-10-11-23(19)13-18-7-5-4-6-16(18)3/h4-7,10-11,15,17H,8-9,12-14H2,1-3H3,(H,22,25). The van der Waals surface area contributed by atoms with Crippen molar-refractivity contribution in [1.29, 1.82) is 0 Å². The van der Waals surface area contributed by atoms with Gasteiger partial charge in [-0.15, -0.1) is 0 Å². The predicted octanol–water partition coefficient (Wildman–Crippen LogP) is 3.57. The van der Waals surface area contributed by atoms with Gasteiger partial charge in [-0.1, -0.05) is 24.3 Å². The Hall–Kier alpha value is -2.30. The van der Waals surface area contributed by atoms with Crippen molar-refractivity contribution in [2.45, 2.75) is 52.7 Å². The van der Waals surface area contributed by atoms with E-state index in [4.69, 9.17) is 0 Å². The highest BCUT2D eigenvalue weighted by atomic mass is 16.2. The highest BCUT2D eigenvalue weighted by Gasteiger charge is 2.27. The van der Waals surface area contributed by atoms with E-state index >= 15 is 0 Å². The van der Waals surface area contributed by atoms with E-state index in [0.29, 0.717) is 12.5 Å². The van der Waals surface area contributed by atoms with E-state index in [1.165, 1.54) is 24.0 Å². The smallest absolute Gasteiger partial charge is 0.318 e. The van der Waals surface area contributed by atoms with Crippen molar-refractivity contribution in [2.75, 3.05) is 6.54 Å². The van der Waals surface area contributed by atoms with E-state index < -0.39 is 0 Å². The van der Waals surface area contributed by atoms with E-state index in [9.17, 15) is 4.79 Å². The second kappa shape index (κ2) is 7.72. The molecule has 1 saturated carbocycles. The molecule has 0 radical (unpaired) electrons. The van der Waals surface area contributed by atoms with Gasteiger partial charge in [0.15, 0.2) is 0 Å². The summed E-state index contributed by atoms with van der Waals surface area (Å²) in [7, 11) is 0. The zero-order chi connectivity index (χ0) is 17.8. The zero-order valence-electron chi connectivity index (χ0n) is 15.4. The van der Waals surface area contributed by atoms with E-state index in [2.05, 4.69) is 46.1 Å². The van der Waals surface area contributed by atoms with Crippen LogP contribution in [0.5, 0.6) is 0 Å². The fourth-order valence-electron chi connectivity index (χ4n) is 2.95. The lowest BCUT2D eigenvalue weighted by Gasteiger charge is -2.24. The predicted molar refractivity (Wildman–Crippen MR) is 99.3 cm³/mol. The molecular weight excluding hydrogens is 312 g/mol. The lowest BCUT2D eigenvalue weighted by molar-refractivity contribution is 0.187. The molecule has 1 aromatic heterocycles. The Bertz CT molecular complexity index is 718. The first-order chi connectivity index (χ1) is 12.0. The number of benzene rings is 1. The molecule has 2 amide bonds. The quantitative estimate of drug-likeness (QED) is 0.838. The summed E-state index contributed by atoms with van der Waals surface area (Å²) >= 11 is 0. The molecule has 2 aromatic rings. The first kappa shape index (κ1) is 17.5. The van der Waals surface area contributed by atoms with Crippen LogP contribution in [0.2, 0.25) is 0 Å². The summed E-state index contributed by atoms with van der Waals surface area (Å²) in [4.78, 5) is 19.0. The van der Waals surface area contributed by atoms with Crippen LogP contribution in [0.1, 0.15) is 43.6 Å². The molecule has 0 bridgehead atoms. The monoisotopic (exact) mass is 340 g/mol. The molecule has 1 fully saturated rings. The molecule has 3 rings (SSSR count). The summed E-state index contributed by atoms with van der Waals surface area (Å²) in [5.74, 6) is 1.58. The number of amides is 2. The second-order valence-corrected chi connectivity index (χ2v) is 7.33.